The molecule has 21 heavy (non-hydrogen) atoms. The molecule has 1 heterocycles. The van der Waals surface area contributed by atoms with Gasteiger partial charge in [-0.1, -0.05) is 41.6 Å². The van der Waals surface area contributed by atoms with E-state index in [4.69, 9.17) is 35.4 Å². The summed E-state index contributed by atoms with van der Waals surface area (Å²) in [6.07, 6.45) is -0.498. The second-order valence-electron chi connectivity index (χ2n) is 4.84. The van der Waals surface area contributed by atoms with Crippen molar-refractivity contribution in [2.45, 2.75) is 6.10 Å². The number of halogens is 2. The molecule has 3 nitrogen and oxygen atoms in total. The van der Waals surface area contributed by atoms with E-state index in [1.807, 2.05) is 18.2 Å². The quantitative estimate of drug-likeness (QED) is 0.654. The van der Waals surface area contributed by atoms with Gasteiger partial charge in [0.05, 0.1) is 6.10 Å². The summed E-state index contributed by atoms with van der Waals surface area (Å²) in [7, 11) is 0. The van der Waals surface area contributed by atoms with Gasteiger partial charge in [-0.15, -0.1) is 11.6 Å². The average Bonchev–Trinajstić information content (AvgIpc) is 2.52. The lowest BCUT2D eigenvalue weighted by molar-refractivity contribution is 0.224. The number of rotatable bonds is 4. The third-order valence-corrected chi connectivity index (χ3v) is 5.55. The second kappa shape index (κ2) is 8.44. The van der Waals surface area contributed by atoms with Gasteiger partial charge in [0.1, 0.15) is 4.32 Å². The van der Waals surface area contributed by atoms with Crippen molar-refractivity contribution in [3.63, 3.8) is 0 Å². The van der Waals surface area contributed by atoms with Gasteiger partial charge in [0.15, 0.2) is 0 Å². The van der Waals surface area contributed by atoms with Crippen LogP contribution in [0.2, 0.25) is 5.02 Å². The Bertz CT molecular complexity index is 482. The van der Waals surface area contributed by atoms with E-state index < -0.39 is 6.10 Å². The number of nitrogens with zero attached hydrogens (tertiary/aromatic N) is 2. The third kappa shape index (κ3) is 5.18. The van der Waals surface area contributed by atoms with Gasteiger partial charge in [0.25, 0.3) is 0 Å². The van der Waals surface area contributed by atoms with Crippen LogP contribution in [0.4, 0.5) is 5.69 Å². The van der Waals surface area contributed by atoms with Crippen molar-refractivity contribution in [3.8, 4) is 0 Å². The molecule has 1 saturated heterocycles. The number of alkyl halides is 1. The number of anilines is 1. The number of benzene rings is 1. The summed E-state index contributed by atoms with van der Waals surface area (Å²) in [5.74, 6) is 0.801. The zero-order chi connectivity index (χ0) is 15.2. The van der Waals surface area contributed by atoms with Gasteiger partial charge in [-0.2, -0.15) is 0 Å². The smallest absolute Gasteiger partial charge is 0.136 e. The molecule has 0 radical (unpaired) electrons. The monoisotopic (exact) mass is 364 g/mol. The van der Waals surface area contributed by atoms with Gasteiger partial charge in [-0.25, -0.2) is 0 Å². The Morgan fingerprint density at radius 2 is 2.05 bits per heavy atom. The van der Waals surface area contributed by atoms with E-state index in [0.717, 1.165) is 41.2 Å². The fraction of sp³-hybridized carbons (Fsp3) is 0.500. The van der Waals surface area contributed by atoms with Gasteiger partial charge in [-0.05, 0) is 18.2 Å². The van der Waals surface area contributed by atoms with Crippen LogP contribution < -0.4 is 4.90 Å². The molecule has 1 aliphatic heterocycles. The lowest BCUT2D eigenvalue weighted by Crippen LogP contribution is -2.47. The first-order chi connectivity index (χ1) is 10.1. The van der Waals surface area contributed by atoms with E-state index >= 15 is 0 Å². The molecule has 0 aromatic heterocycles. The highest BCUT2D eigenvalue weighted by Gasteiger charge is 2.20. The summed E-state index contributed by atoms with van der Waals surface area (Å²) in [6, 6.07) is 7.92. The minimum atomic E-state index is -0.498. The molecule has 1 fully saturated rings. The average molecular weight is 365 g/mol. The molecule has 1 N–H and O–H groups in total. The van der Waals surface area contributed by atoms with Gasteiger partial charge in [0, 0.05) is 48.5 Å². The van der Waals surface area contributed by atoms with E-state index in [9.17, 15) is 5.11 Å². The number of thioether (sulfide) groups is 1. The number of thiocarbonyl (C=S) groups is 1. The summed E-state index contributed by atoms with van der Waals surface area (Å²) in [5, 5.41) is 10.2. The minimum Gasteiger partial charge on any atom is -0.391 e. The predicted octanol–water partition coefficient (Wildman–Crippen LogP) is 3.08. The van der Waals surface area contributed by atoms with Crippen molar-refractivity contribution >= 4 is 57.2 Å². The van der Waals surface area contributed by atoms with Gasteiger partial charge < -0.3 is 14.9 Å². The van der Waals surface area contributed by atoms with Gasteiger partial charge in [0.2, 0.25) is 0 Å². The van der Waals surface area contributed by atoms with Crippen LogP contribution in [0, 0.1) is 0 Å². The summed E-state index contributed by atoms with van der Waals surface area (Å²) >= 11 is 18.5. The number of piperazine rings is 1. The van der Waals surface area contributed by atoms with Gasteiger partial charge >= 0.3 is 0 Å². The van der Waals surface area contributed by atoms with Crippen LogP contribution in [-0.4, -0.2) is 58.2 Å². The van der Waals surface area contributed by atoms with Crippen molar-refractivity contribution in [2.24, 2.45) is 0 Å². The second-order valence-corrected chi connectivity index (χ2v) is 7.24. The van der Waals surface area contributed by atoms with Crippen LogP contribution >= 0.6 is 47.2 Å². The molecule has 1 aromatic carbocycles. The lowest BCUT2D eigenvalue weighted by Gasteiger charge is -2.37. The van der Waals surface area contributed by atoms with Crippen LogP contribution in [0.5, 0.6) is 0 Å². The number of hydrogen-bond donors (Lipinski definition) is 1. The van der Waals surface area contributed by atoms with Crippen molar-refractivity contribution in [3.05, 3.63) is 29.3 Å². The highest BCUT2D eigenvalue weighted by molar-refractivity contribution is 8.22. The molecular weight excluding hydrogens is 347 g/mol. The summed E-state index contributed by atoms with van der Waals surface area (Å²) in [5.41, 5.74) is 1.15. The zero-order valence-corrected chi connectivity index (χ0v) is 14.7. The normalized spacial score (nSPS) is 16.9. The van der Waals surface area contributed by atoms with Crippen molar-refractivity contribution < 1.29 is 5.11 Å². The Hall–Kier alpha value is -0.200. The predicted molar refractivity (Wildman–Crippen MR) is 97.0 cm³/mol. The lowest BCUT2D eigenvalue weighted by atomic mass is 10.2. The maximum absolute atomic E-state index is 9.47. The highest BCUT2D eigenvalue weighted by Crippen LogP contribution is 2.22. The van der Waals surface area contributed by atoms with Crippen LogP contribution in [-0.2, 0) is 0 Å². The highest BCUT2D eigenvalue weighted by atomic mass is 35.5. The van der Waals surface area contributed by atoms with E-state index in [1.165, 1.54) is 11.8 Å². The minimum absolute atomic E-state index is 0.248. The van der Waals surface area contributed by atoms with Crippen molar-refractivity contribution in [1.82, 2.24) is 4.90 Å². The number of aliphatic hydroxyl groups excluding tert-OH is 1. The van der Waals surface area contributed by atoms with Crippen molar-refractivity contribution in [2.75, 3.05) is 42.7 Å². The standard InChI is InChI=1S/C14H18Cl2N2OS2/c15-9-13(19)10-21-14(20)18-6-4-17(5-7-18)12-3-1-2-11(16)8-12/h1-3,8,13,19H,4-7,9-10H2. The SMILES string of the molecule is OC(CCl)CSC(=S)N1CCN(c2cccc(Cl)c2)CC1. The summed E-state index contributed by atoms with van der Waals surface area (Å²) in [6.45, 7) is 3.60. The Balaban J connectivity index is 1.81. The van der Waals surface area contributed by atoms with E-state index in [1.54, 1.807) is 0 Å². The Morgan fingerprint density at radius 1 is 1.33 bits per heavy atom. The molecule has 2 rings (SSSR count). The molecule has 1 unspecified atom stereocenters. The van der Waals surface area contributed by atoms with Crippen LogP contribution in [0.3, 0.4) is 0 Å². The molecule has 0 saturated carbocycles. The Labute approximate surface area is 145 Å². The molecule has 0 bridgehead atoms. The van der Waals surface area contributed by atoms with Crippen LogP contribution in [0.25, 0.3) is 0 Å². The first-order valence-electron chi connectivity index (χ1n) is 6.76. The molecule has 0 spiro atoms. The van der Waals surface area contributed by atoms with E-state index in [0.29, 0.717) is 5.75 Å². The first-order valence-corrected chi connectivity index (χ1v) is 9.07. The topological polar surface area (TPSA) is 26.7 Å². The zero-order valence-electron chi connectivity index (χ0n) is 11.5. The molecule has 116 valence electrons. The molecule has 1 atom stereocenters. The van der Waals surface area contributed by atoms with Crippen molar-refractivity contribution in [1.29, 1.82) is 0 Å². The molecule has 1 aliphatic rings. The summed E-state index contributed by atoms with van der Waals surface area (Å²) < 4.78 is 0.838. The summed E-state index contributed by atoms with van der Waals surface area (Å²) in [4.78, 5) is 4.49. The van der Waals surface area contributed by atoms with Crippen LogP contribution in [0.1, 0.15) is 0 Å². The van der Waals surface area contributed by atoms with E-state index in [-0.39, 0.29) is 5.88 Å². The largest absolute Gasteiger partial charge is 0.391 e. The molecule has 1 aromatic rings. The Morgan fingerprint density at radius 3 is 2.67 bits per heavy atom. The first kappa shape index (κ1) is 17.2. The molecule has 0 aliphatic carbocycles. The fourth-order valence-electron chi connectivity index (χ4n) is 2.12. The molecule has 7 heteroatoms. The maximum atomic E-state index is 9.47. The third-order valence-electron chi connectivity index (χ3n) is 3.29. The van der Waals surface area contributed by atoms with Crippen LogP contribution in [0.15, 0.2) is 24.3 Å². The maximum Gasteiger partial charge on any atom is 0.136 e. The molecular formula is C14H18Cl2N2OS2. The fourth-order valence-corrected chi connectivity index (χ4v) is 3.75. The molecule has 0 amide bonds. The van der Waals surface area contributed by atoms with E-state index in [2.05, 4.69) is 15.9 Å². The van der Waals surface area contributed by atoms with Gasteiger partial charge in [-0.3, -0.25) is 0 Å². The Kier molecular flexibility index (Phi) is 6.89. The number of hydrogen-bond acceptors (Lipinski definition) is 4. The number of aliphatic hydroxyl groups is 1.